The zero-order valence-electron chi connectivity index (χ0n) is 23.4. The van der Waals surface area contributed by atoms with Crippen LogP contribution in [0.5, 0.6) is 0 Å². The van der Waals surface area contributed by atoms with Crippen molar-refractivity contribution in [3.05, 3.63) is 139 Å². The van der Waals surface area contributed by atoms with Crippen LogP contribution in [-0.2, 0) is 18.9 Å². The van der Waals surface area contributed by atoms with Gasteiger partial charge < -0.3 is 21.3 Å². The smallest absolute Gasteiger partial charge is 0.255 e. The standard InChI is InChI=1S/C34H30N6O2/c1-39-21-17-31(18-22-39)35-27-8-12-29(13-9-27)37-33(41)16-5-25-3-6-26(7-4-25)34(42)38-30-14-10-28(11-15-30)36-32-19-23-40(2)24-20-32/h3-24H,1-2H3,(H2,37,38,41,42)/p+2/b16-5-. The molecule has 5 rings (SSSR count). The summed E-state index contributed by atoms with van der Waals surface area (Å²) in [5.74, 6) is -0.453. The normalized spacial score (nSPS) is 10.7. The second kappa shape index (κ2) is 13.1. The van der Waals surface area contributed by atoms with Crippen LogP contribution in [0.4, 0.5) is 34.1 Å². The number of aryl methyl sites for hydroxylation is 2. The third-order valence-electron chi connectivity index (χ3n) is 6.43. The highest BCUT2D eigenvalue weighted by atomic mass is 16.2. The summed E-state index contributed by atoms with van der Waals surface area (Å²) < 4.78 is 3.93. The molecule has 0 spiro atoms. The fourth-order valence-electron chi connectivity index (χ4n) is 4.08. The van der Waals surface area contributed by atoms with E-state index in [1.165, 1.54) is 6.08 Å². The zero-order chi connectivity index (χ0) is 29.3. The highest BCUT2D eigenvalue weighted by molar-refractivity contribution is 6.05. The number of amides is 2. The van der Waals surface area contributed by atoms with Gasteiger partial charge in [-0.3, -0.25) is 9.59 Å². The van der Waals surface area contributed by atoms with Gasteiger partial charge in [-0.25, -0.2) is 9.13 Å². The van der Waals surface area contributed by atoms with Gasteiger partial charge in [-0.2, -0.15) is 0 Å². The number of nitrogens with zero attached hydrogens (tertiary/aromatic N) is 2. The number of rotatable bonds is 9. The van der Waals surface area contributed by atoms with Crippen LogP contribution in [0.15, 0.2) is 128 Å². The second-order valence-electron chi connectivity index (χ2n) is 9.81. The Morgan fingerprint density at radius 2 is 0.929 bits per heavy atom. The van der Waals surface area contributed by atoms with Crippen molar-refractivity contribution in [3.63, 3.8) is 0 Å². The minimum atomic E-state index is -0.243. The van der Waals surface area contributed by atoms with Crippen molar-refractivity contribution in [3.8, 4) is 0 Å². The maximum atomic E-state index is 12.7. The molecule has 42 heavy (non-hydrogen) atoms. The fraction of sp³-hybridized carbons (Fsp3) is 0.0588. The molecule has 5 aromatic rings. The van der Waals surface area contributed by atoms with Crippen LogP contribution in [-0.4, -0.2) is 11.8 Å². The lowest BCUT2D eigenvalue weighted by Crippen LogP contribution is -2.25. The van der Waals surface area contributed by atoms with E-state index in [4.69, 9.17) is 0 Å². The van der Waals surface area contributed by atoms with Gasteiger partial charge in [-0.05, 0) is 72.3 Å². The van der Waals surface area contributed by atoms with Gasteiger partial charge in [0, 0.05) is 58.7 Å². The lowest BCUT2D eigenvalue weighted by atomic mass is 10.1. The van der Waals surface area contributed by atoms with E-state index in [0.29, 0.717) is 16.9 Å². The van der Waals surface area contributed by atoms with E-state index in [2.05, 4.69) is 21.3 Å². The molecule has 0 unspecified atom stereocenters. The molecule has 0 bridgehead atoms. The Hall–Kier alpha value is -5.76. The van der Waals surface area contributed by atoms with Crippen molar-refractivity contribution in [2.24, 2.45) is 14.1 Å². The summed E-state index contributed by atoms with van der Waals surface area (Å²) >= 11 is 0. The fourth-order valence-corrected chi connectivity index (χ4v) is 4.08. The van der Waals surface area contributed by atoms with Gasteiger partial charge in [0.25, 0.3) is 5.91 Å². The number of anilines is 6. The van der Waals surface area contributed by atoms with Gasteiger partial charge in [-0.1, -0.05) is 12.1 Å². The average molecular weight is 557 g/mol. The molecule has 0 radical (unpaired) electrons. The number of carbonyl (C=O) groups is 2. The number of aromatic nitrogens is 2. The molecule has 2 amide bonds. The molecule has 208 valence electrons. The number of carbonyl (C=O) groups excluding carboxylic acids is 2. The summed E-state index contributed by atoms with van der Waals surface area (Å²) in [7, 11) is 3.94. The van der Waals surface area contributed by atoms with E-state index in [1.807, 2.05) is 121 Å². The first-order chi connectivity index (χ1) is 20.4. The number of pyridine rings is 2. The molecule has 2 heterocycles. The van der Waals surface area contributed by atoms with Gasteiger partial charge in [0.05, 0.1) is 11.4 Å². The van der Waals surface area contributed by atoms with Crippen molar-refractivity contribution >= 4 is 52.0 Å². The highest BCUT2D eigenvalue weighted by Crippen LogP contribution is 2.20. The Morgan fingerprint density at radius 1 is 0.524 bits per heavy atom. The molecule has 8 heteroatoms. The molecule has 0 saturated heterocycles. The largest absolute Gasteiger partial charge is 0.355 e. The molecule has 0 fully saturated rings. The predicted molar refractivity (Wildman–Crippen MR) is 167 cm³/mol. The first kappa shape index (κ1) is 27.8. The number of hydrogen-bond acceptors (Lipinski definition) is 4. The van der Waals surface area contributed by atoms with Crippen molar-refractivity contribution in [1.29, 1.82) is 0 Å². The van der Waals surface area contributed by atoms with Crippen LogP contribution in [0.2, 0.25) is 0 Å². The zero-order valence-corrected chi connectivity index (χ0v) is 23.4. The molecule has 0 aliphatic carbocycles. The van der Waals surface area contributed by atoms with E-state index in [1.54, 1.807) is 30.3 Å². The van der Waals surface area contributed by atoms with Crippen LogP contribution in [0.3, 0.4) is 0 Å². The van der Waals surface area contributed by atoms with E-state index in [9.17, 15) is 9.59 Å². The van der Waals surface area contributed by atoms with Gasteiger partial charge in [-0.15, -0.1) is 0 Å². The van der Waals surface area contributed by atoms with Gasteiger partial charge in [0.1, 0.15) is 14.1 Å². The van der Waals surface area contributed by atoms with Crippen molar-refractivity contribution in [2.75, 3.05) is 21.3 Å². The maximum Gasteiger partial charge on any atom is 0.255 e. The molecule has 0 atom stereocenters. The van der Waals surface area contributed by atoms with Crippen LogP contribution in [0.25, 0.3) is 6.08 Å². The first-order valence-corrected chi connectivity index (χ1v) is 13.4. The molecular formula is C34H32N6O2+2. The molecule has 4 N–H and O–H groups in total. The monoisotopic (exact) mass is 556 g/mol. The van der Waals surface area contributed by atoms with Crippen LogP contribution >= 0.6 is 0 Å². The summed E-state index contributed by atoms with van der Waals surface area (Å²) in [5.41, 5.74) is 6.54. The van der Waals surface area contributed by atoms with E-state index in [-0.39, 0.29) is 11.8 Å². The first-order valence-electron chi connectivity index (χ1n) is 13.4. The molecule has 0 aliphatic rings. The Balaban J connectivity index is 1.10. The maximum absolute atomic E-state index is 12.7. The minimum Gasteiger partial charge on any atom is -0.355 e. The van der Waals surface area contributed by atoms with Gasteiger partial charge in [0.2, 0.25) is 5.91 Å². The Bertz CT molecular complexity index is 1680. The summed E-state index contributed by atoms with van der Waals surface area (Å²) in [4.78, 5) is 25.2. The molecule has 2 aromatic heterocycles. The van der Waals surface area contributed by atoms with Crippen LogP contribution in [0, 0.1) is 0 Å². The summed E-state index contributed by atoms with van der Waals surface area (Å²) in [6.45, 7) is 0. The Morgan fingerprint density at radius 3 is 1.40 bits per heavy atom. The summed E-state index contributed by atoms with van der Waals surface area (Å²) in [6, 6.07) is 30.1. The number of hydrogen-bond donors (Lipinski definition) is 4. The van der Waals surface area contributed by atoms with Crippen molar-refractivity contribution in [2.45, 2.75) is 0 Å². The van der Waals surface area contributed by atoms with E-state index < -0.39 is 0 Å². The highest BCUT2D eigenvalue weighted by Gasteiger charge is 2.07. The van der Waals surface area contributed by atoms with Gasteiger partial charge in [0.15, 0.2) is 24.8 Å². The van der Waals surface area contributed by atoms with Crippen LogP contribution in [0.1, 0.15) is 15.9 Å². The quantitative estimate of drug-likeness (QED) is 0.138. The lowest BCUT2D eigenvalue weighted by molar-refractivity contribution is -0.671. The van der Waals surface area contributed by atoms with Crippen LogP contribution < -0.4 is 30.4 Å². The summed E-state index contributed by atoms with van der Waals surface area (Å²) in [5, 5.41) is 12.4. The predicted octanol–water partition coefficient (Wildman–Crippen LogP) is 5.73. The molecule has 0 aliphatic heterocycles. The molecule has 3 aromatic carbocycles. The molecule has 8 nitrogen and oxygen atoms in total. The molecular weight excluding hydrogens is 524 g/mol. The van der Waals surface area contributed by atoms with Crippen molar-refractivity contribution in [1.82, 2.24) is 0 Å². The third kappa shape index (κ3) is 7.89. The second-order valence-corrected chi connectivity index (χ2v) is 9.81. The summed E-state index contributed by atoms with van der Waals surface area (Å²) in [6.07, 6.45) is 11.1. The lowest BCUT2D eigenvalue weighted by Gasteiger charge is -2.09. The average Bonchev–Trinajstić information content (AvgIpc) is 3.00. The van der Waals surface area contributed by atoms with E-state index >= 15 is 0 Å². The number of benzene rings is 3. The third-order valence-corrected chi connectivity index (χ3v) is 6.43. The Labute approximate surface area is 245 Å². The Kier molecular flexibility index (Phi) is 8.64. The number of nitrogens with one attached hydrogen (secondary N) is 4. The van der Waals surface area contributed by atoms with E-state index in [0.717, 1.165) is 28.3 Å². The SMILES string of the molecule is C[n+]1ccc(Nc2ccc(NC(=O)/C=C\c3ccc(C(=O)Nc4ccc(Nc5cc[n+](C)cc5)cc4)cc3)cc2)cc1. The van der Waals surface area contributed by atoms with Crippen molar-refractivity contribution < 1.29 is 18.7 Å². The minimum absolute atomic E-state index is 0.209. The van der Waals surface area contributed by atoms with Gasteiger partial charge >= 0.3 is 0 Å². The molecule has 0 saturated carbocycles. The topological polar surface area (TPSA) is 90.0 Å².